The zero-order chi connectivity index (χ0) is 22.7. The Balaban J connectivity index is 1.51. The van der Waals surface area contributed by atoms with Crippen LogP contribution in [0.4, 0.5) is 8.78 Å². The van der Waals surface area contributed by atoms with Crippen LogP contribution in [0.3, 0.4) is 0 Å². The molecule has 0 fully saturated rings. The molecule has 1 aliphatic heterocycles. The predicted molar refractivity (Wildman–Crippen MR) is 116 cm³/mol. The minimum Gasteiger partial charge on any atom is -0.492 e. The molecule has 0 radical (unpaired) electrons. The quantitative estimate of drug-likeness (QED) is 0.503. The van der Waals surface area contributed by atoms with Gasteiger partial charge in [-0.05, 0) is 41.5 Å². The summed E-state index contributed by atoms with van der Waals surface area (Å²) < 4.78 is 65.8. The van der Waals surface area contributed by atoms with Crippen LogP contribution in [0.15, 0.2) is 65.6 Å². The maximum Gasteiger partial charge on any atom is 0.243 e. The number of halogens is 3. The second-order valence-corrected chi connectivity index (χ2v) is 9.66. The van der Waals surface area contributed by atoms with Crippen molar-refractivity contribution in [2.45, 2.75) is 24.7 Å². The van der Waals surface area contributed by atoms with Crippen LogP contribution >= 0.6 is 11.6 Å². The van der Waals surface area contributed by atoms with Gasteiger partial charge in [0.05, 0.1) is 18.1 Å². The molecule has 168 valence electrons. The summed E-state index contributed by atoms with van der Waals surface area (Å²) in [4.78, 5) is -0.433. The zero-order valence-electron chi connectivity index (χ0n) is 16.9. The minimum atomic E-state index is -4.12. The Hall–Kier alpha value is -2.52. The number of fused-ring (bicyclic) bond motifs is 1. The van der Waals surface area contributed by atoms with Crippen LogP contribution < -0.4 is 4.74 Å². The summed E-state index contributed by atoms with van der Waals surface area (Å²) in [6, 6.07) is 15.1. The molecule has 0 bridgehead atoms. The first kappa shape index (κ1) is 22.7. The number of nitrogens with zero attached hydrogens (tertiary/aromatic N) is 1. The average molecular weight is 480 g/mol. The van der Waals surface area contributed by atoms with Gasteiger partial charge in [0.2, 0.25) is 10.0 Å². The van der Waals surface area contributed by atoms with E-state index in [4.69, 9.17) is 21.1 Å². The fourth-order valence-corrected chi connectivity index (χ4v) is 5.07. The van der Waals surface area contributed by atoms with Crippen molar-refractivity contribution >= 4 is 21.6 Å². The summed E-state index contributed by atoms with van der Waals surface area (Å²) in [5.74, 6) is -1.34. The van der Waals surface area contributed by atoms with Gasteiger partial charge in [-0.25, -0.2) is 17.2 Å². The molecular weight excluding hydrogens is 460 g/mol. The van der Waals surface area contributed by atoms with Gasteiger partial charge in [-0.3, -0.25) is 0 Å². The fraction of sp³-hybridized carbons (Fsp3) is 0.217. The molecule has 3 aromatic carbocycles. The molecule has 0 N–H and O–H groups in total. The maximum atomic E-state index is 13.6. The van der Waals surface area contributed by atoms with Crippen LogP contribution in [0.25, 0.3) is 0 Å². The summed E-state index contributed by atoms with van der Waals surface area (Å²) in [5.41, 5.74) is 2.34. The highest BCUT2D eigenvalue weighted by Crippen LogP contribution is 2.28. The Kier molecular flexibility index (Phi) is 6.76. The molecule has 0 saturated heterocycles. The van der Waals surface area contributed by atoms with Crippen molar-refractivity contribution in [1.82, 2.24) is 4.31 Å². The molecule has 1 heterocycles. The first-order valence-electron chi connectivity index (χ1n) is 9.85. The third-order valence-electron chi connectivity index (χ3n) is 5.03. The van der Waals surface area contributed by atoms with Crippen LogP contribution in [0.2, 0.25) is 5.02 Å². The Labute approximate surface area is 190 Å². The Bertz CT molecular complexity index is 1220. The molecule has 4 rings (SSSR count). The van der Waals surface area contributed by atoms with E-state index in [2.05, 4.69) is 0 Å². The maximum absolute atomic E-state index is 13.6. The molecule has 5 nitrogen and oxygen atoms in total. The van der Waals surface area contributed by atoms with Gasteiger partial charge in [-0.15, -0.1) is 0 Å². The number of rotatable bonds is 6. The predicted octanol–water partition coefficient (Wildman–Crippen LogP) is 4.92. The first-order valence-corrected chi connectivity index (χ1v) is 11.7. The van der Waals surface area contributed by atoms with E-state index in [1.54, 1.807) is 12.1 Å². The molecule has 0 spiro atoms. The SMILES string of the molecule is O=S(=O)(c1cc(F)cc(F)c1)N1CCOc2ccc(COCc3ccccc3Cl)cc2C1. The van der Waals surface area contributed by atoms with Crippen LogP contribution in [-0.2, 0) is 34.5 Å². The van der Waals surface area contributed by atoms with Crippen LogP contribution in [0.5, 0.6) is 5.75 Å². The lowest BCUT2D eigenvalue weighted by atomic mass is 10.1. The molecule has 0 saturated carbocycles. The second-order valence-electron chi connectivity index (χ2n) is 7.32. The number of hydrogen-bond acceptors (Lipinski definition) is 4. The van der Waals surface area contributed by atoms with Crippen molar-refractivity contribution < 1.29 is 26.7 Å². The van der Waals surface area contributed by atoms with Crippen molar-refractivity contribution in [2.24, 2.45) is 0 Å². The third kappa shape index (κ3) is 5.10. The Morgan fingerprint density at radius 2 is 1.75 bits per heavy atom. The number of sulfonamides is 1. The number of hydrogen-bond donors (Lipinski definition) is 0. The topological polar surface area (TPSA) is 55.8 Å². The van der Waals surface area contributed by atoms with E-state index in [1.807, 2.05) is 30.3 Å². The second kappa shape index (κ2) is 9.54. The van der Waals surface area contributed by atoms with E-state index < -0.39 is 26.6 Å². The monoisotopic (exact) mass is 479 g/mol. The van der Waals surface area contributed by atoms with Crippen LogP contribution in [-0.4, -0.2) is 25.9 Å². The van der Waals surface area contributed by atoms with Gasteiger partial charge < -0.3 is 9.47 Å². The van der Waals surface area contributed by atoms with Gasteiger partial charge in [0, 0.05) is 29.7 Å². The van der Waals surface area contributed by atoms with Gasteiger partial charge in [-0.1, -0.05) is 35.9 Å². The van der Waals surface area contributed by atoms with Crippen LogP contribution in [0.1, 0.15) is 16.7 Å². The smallest absolute Gasteiger partial charge is 0.243 e. The summed E-state index contributed by atoms with van der Waals surface area (Å²) >= 11 is 6.14. The molecule has 32 heavy (non-hydrogen) atoms. The lowest BCUT2D eigenvalue weighted by molar-refractivity contribution is 0.107. The summed E-state index contributed by atoms with van der Waals surface area (Å²) in [5, 5.41) is 0.623. The van der Waals surface area contributed by atoms with Crippen molar-refractivity contribution in [2.75, 3.05) is 13.2 Å². The van der Waals surface area contributed by atoms with E-state index in [0.717, 1.165) is 27.6 Å². The summed E-state index contributed by atoms with van der Waals surface area (Å²) in [6.07, 6.45) is 0. The molecule has 9 heteroatoms. The van der Waals surface area contributed by atoms with Crippen molar-refractivity contribution in [3.05, 3.63) is 94.0 Å². The van der Waals surface area contributed by atoms with E-state index in [9.17, 15) is 17.2 Å². The van der Waals surface area contributed by atoms with Gasteiger partial charge >= 0.3 is 0 Å². The minimum absolute atomic E-state index is 0.00809. The third-order valence-corrected chi connectivity index (χ3v) is 7.22. The fourth-order valence-electron chi connectivity index (χ4n) is 3.44. The Morgan fingerprint density at radius 3 is 2.50 bits per heavy atom. The van der Waals surface area contributed by atoms with Crippen molar-refractivity contribution in [1.29, 1.82) is 0 Å². The van der Waals surface area contributed by atoms with Gasteiger partial charge in [0.25, 0.3) is 0 Å². The average Bonchev–Trinajstić information content (AvgIpc) is 2.97. The highest BCUT2D eigenvalue weighted by atomic mass is 35.5. The normalized spacial score (nSPS) is 14.5. The van der Waals surface area contributed by atoms with Gasteiger partial charge in [-0.2, -0.15) is 4.31 Å². The zero-order valence-corrected chi connectivity index (χ0v) is 18.5. The van der Waals surface area contributed by atoms with Gasteiger partial charge in [0.1, 0.15) is 24.0 Å². The highest BCUT2D eigenvalue weighted by molar-refractivity contribution is 7.89. The van der Waals surface area contributed by atoms with Gasteiger partial charge in [0.15, 0.2) is 0 Å². The molecular formula is C23H20ClF2NO4S. The number of ether oxygens (including phenoxy) is 2. The largest absolute Gasteiger partial charge is 0.492 e. The molecule has 0 unspecified atom stereocenters. The summed E-state index contributed by atoms with van der Waals surface area (Å²) in [6.45, 7) is 0.799. The Morgan fingerprint density at radius 1 is 1.00 bits per heavy atom. The molecule has 1 aliphatic rings. The summed E-state index contributed by atoms with van der Waals surface area (Å²) in [7, 11) is -4.12. The number of benzene rings is 3. The lowest BCUT2D eigenvalue weighted by Crippen LogP contribution is -2.32. The van der Waals surface area contributed by atoms with E-state index >= 15 is 0 Å². The van der Waals surface area contributed by atoms with E-state index in [0.29, 0.717) is 35.6 Å². The van der Waals surface area contributed by atoms with E-state index in [-0.39, 0.29) is 19.7 Å². The van der Waals surface area contributed by atoms with Crippen LogP contribution in [0, 0.1) is 11.6 Å². The molecule has 0 amide bonds. The highest BCUT2D eigenvalue weighted by Gasteiger charge is 2.28. The van der Waals surface area contributed by atoms with Crippen molar-refractivity contribution in [3.63, 3.8) is 0 Å². The molecule has 0 atom stereocenters. The standard InChI is InChI=1S/C23H20ClF2NO4S/c24-22-4-2-1-3-17(22)15-30-14-16-5-6-23-18(9-16)13-27(7-8-31-23)32(28,29)21-11-19(25)10-20(26)12-21/h1-6,9-12H,7-8,13-15H2. The molecule has 0 aliphatic carbocycles. The lowest BCUT2D eigenvalue weighted by Gasteiger charge is -2.20. The van der Waals surface area contributed by atoms with Crippen molar-refractivity contribution in [3.8, 4) is 5.75 Å². The van der Waals surface area contributed by atoms with E-state index in [1.165, 1.54) is 0 Å². The first-order chi connectivity index (χ1) is 15.3. The molecule has 0 aromatic heterocycles. The molecule has 3 aromatic rings.